The summed E-state index contributed by atoms with van der Waals surface area (Å²) in [5.74, 6) is 5.45. The summed E-state index contributed by atoms with van der Waals surface area (Å²) in [6, 6.07) is 0. The largest absolute Gasteiger partial charge is 0.462 e. The molecule has 0 saturated heterocycles. The molecule has 0 spiro atoms. The predicted molar refractivity (Wildman–Crippen MR) is 138 cm³/mol. The van der Waals surface area contributed by atoms with Gasteiger partial charge in [0.2, 0.25) is 0 Å². The van der Waals surface area contributed by atoms with Crippen LogP contribution in [0.25, 0.3) is 0 Å². The number of ether oxygens (including phenoxy) is 1. The Morgan fingerprint density at radius 1 is 1.09 bits per heavy atom. The Balaban J connectivity index is 1.43. The van der Waals surface area contributed by atoms with Crippen molar-refractivity contribution in [3.8, 4) is 0 Å². The molecule has 3 fully saturated rings. The number of fused-ring (bicyclic) bond motifs is 5. The van der Waals surface area contributed by atoms with Crippen LogP contribution >= 0.6 is 11.6 Å². The normalized spacial score (nSPS) is 41.1. The van der Waals surface area contributed by atoms with Crippen molar-refractivity contribution in [2.45, 2.75) is 118 Å². The lowest BCUT2D eigenvalue weighted by molar-refractivity contribution is -0.151. The molecule has 0 aromatic rings. The maximum Gasteiger partial charge on any atom is 0.307 e. The first-order valence-corrected chi connectivity index (χ1v) is 14.7. The summed E-state index contributed by atoms with van der Waals surface area (Å²) in [5, 5.41) is 0. The van der Waals surface area contributed by atoms with Gasteiger partial charge in [-0.25, -0.2) is 0 Å². The highest BCUT2D eigenvalue weighted by atomic mass is 35.5. The fraction of sp³-hybridized carbons (Fsp3) is 0.900. The minimum atomic E-state index is -0.124. The molecule has 0 heterocycles. The summed E-state index contributed by atoms with van der Waals surface area (Å²) >= 11 is 5.73. The fourth-order valence-electron chi connectivity index (χ4n) is 9.07. The molecule has 0 unspecified atom stereocenters. The molecule has 0 aromatic carbocycles. The van der Waals surface area contributed by atoms with Crippen LogP contribution in [0.5, 0.6) is 0 Å². The molecule has 3 saturated carbocycles. The molecule has 0 amide bonds. The predicted octanol–water partition coefficient (Wildman–Crippen LogP) is 8.57. The number of carbonyl (C=O) groups is 1. The zero-order chi connectivity index (χ0) is 23.8. The Kier molecular flexibility index (Phi) is 7.94. The first kappa shape index (κ1) is 25.6. The Morgan fingerprint density at radius 3 is 2.61 bits per heavy atom. The van der Waals surface area contributed by atoms with E-state index in [0.29, 0.717) is 23.1 Å². The van der Waals surface area contributed by atoms with Gasteiger partial charge in [-0.1, -0.05) is 65.5 Å². The van der Waals surface area contributed by atoms with E-state index in [-0.39, 0.29) is 12.1 Å². The van der Waals surface area contributed by atoms with Crippen molar-refractivity contribution in [3.63, 3.8) is 0 Å². The van der Waals surface area contributed by atoms with E-state index in [1.165, 1.54) is 57.8 Å². The van der Waals surface area contributed by atoms with Gasteiger partial charge < -0.3 is 4.74 Å². The third kappa shape index (κ3) is 4.94. The third-order valence-corrected chi connectivity index (χ3v) is 11.0. The molecule has 0 radical (unpaired) electrons. The maximum absolute atomic E-state index is 12.0. The topological polar surface area (TPSA) is 26.3 Å². The average molecular weight is 477 g/mol. The van der Waals surface area contributed by atoms with Crippen molar-refractivity contribution >= 4 is 17.6 Å². The molecule has 4 rings (SSSR count). The highest BCUT2D eigenvalue weighted by Crippen LogP contribution is 2.67. The first-order chi connectivity index (χ1) is 15.7. The third-order valence-electron chi connectivity index (χ3n) is 10.9. The number of hydrogen-bond acceptors (Lipinski definition) is 2. The molecule has 3 heteroatoms. The molecule has 0 aromatic heterocycles. The summed E-state index contributed by atoms with van der Waals surface area (Å²) in [4.78, 5) is 12.0. The molecule has 188 valence electrons. The van der Waals surface area contributed by atoms with Crippen LogP contribution in [0.4, 0.5) is 0 Å². The smallest absolute Gasteiger partial charge is 0.307 e. The van der Waals surface area contributed by atoms with Crippen molar-refractivity contribution in [1.82, 2.24) is 0 Å². The monoisotopic (exact) mass is 476 g/mol. The molecular weight excluding hydrogens is 428 g/mol. The van der Waals surface area contributed by atoms with Gasteiger partial charge in [0.25, 0.3) is 0 Å². The van der Waals surface area contributed by atoms with Gasteiger partial charge >= 0.3 is 5.97 Å². The van der Waals surface area contributed by atoms with Crippen molar-refractivity contribution in [2.75, 3.05) is 5.88 Å². The van der Waals surface area contributed by atoms with Gasteiger partial charge in [-0.2, -0.15) is 0 Å². The molecule has 4 aliphatic rings. The van der Waals surface area contributed by atoms with Gasteiger partial charge in [-0.15, -0.1) is 11.6 Å². The average Bonchev–Trinajstić information content (AvgIpc) is 3.11. The summed E-state index contributed by atoms with van der Waals surface area (Å²) < 4.78 is 5.77. The van der Waals surface area contributed by atoms with Crippen LogP contribution < -0.4 is 0 Å². The van der Waals surface area contributed by atoms with E-state index in [1.807, 2.05) is 0 Å². The van der Waals surface area contributed by atoms with Gasteiger partial charge in [-0.05, 0) is 91.3 Å². The number of rotatable bonds is 8. The van der Waals surface area contributed by atoms with E-state index in [2.05, 4.69) is 40.7 Å². The van der Waals surface area contributed by atoms with E-state index in [9.17, 15) is 4.79 Å². The van der Waals surface area contributed by atoms with Gasteiger partial charge in [0.05, 0.1) is 6.42 Å². The molecule has 0 N–H and O–H groups in total. The van der Waals surface area contributed by atoms with Gasteiger partial charge in [-0.3, -0.25) is 4.79 Å². The van der Waals surface area contributed by atoms with Crippen molar-refractivity contribution < 1.29 is 9.53 Å². The van der Waals surface area contributed by atoms with Crippen molar-refractivity contribution in [2.24, 2.45) is 46.3 Å². The molecule has 2 nitrogen and oxygen atoms in total. The lowest BCUT2D eigenvalue weighted by atomic mass is 9.47. The van der Waals surface area contributed by atoms with Gasteiger partial charge in [0.1, 0.15) is 6.10 Å². The van der Waals surface area contributed by atoms with Crippen LogP contribution in [0.1, 0.15) is 112 Å². The molecule has 33 heavy (non-hydrogen) atoms. The number of carbonyl (C=O) groups excluding carboxylic acids is 1. The van der Waals surface area contributed by atoms with Crippen molar-refractivity contribution in [3.05, 3.63) is 11.6 Å². The van der Waals surface area contributed by atoms with Crippen LogP contribution in [-0.2, 0) is 9.53 Å². The van der Waals surface area contributed by atoms with Crippen LogP contribution in [0.2, 0.25) is 0 Å². The second-order valence-corrected chi connectivity index (χ2v) is 13.5. The number of halogens is 1. The van der Waals surface area contributed by atoms with E-state index in [1.54, 1.807) is 5.57 Å². The molecular formula is C30H49ClO2. The number of alkyl halides is 1. The van der Waals surface area contributed by atoms with Crippen molar-refractivity contribution in [1.29, 1.82) is 0 Å². The fourth-order valence-corrected chi connectivity index (χ4v) is 9.23. The zero-order valence-electron chi connectivity index (χ0n) is 22.0. The summed E-state index contributed by atoms with van der Waals surface area (Å²) in [6.45, 7) is 12.5. The Bertz CT molecular complexity index is 729. The SMILES string of the molecule is CC(C)CCC[C@@H](C)[C@H]1CC[C@H]2[C@@H]3CC=C4C[C@@H](OC(=O)CCCl)CC[C@]4(C)[C@H]3CC[C@]12C. The van der Waals surface area contributed by atoms with E-state index < -0.39 is 0 Å². The highest BCUT2D eigenvalue weighted by Gasteiger charge is 2.59. The van der Waals surface area contributed by atoms with Crippen LogP contribution in [0.3, 0.4) is 0 Å². The number of allylic oxidation sites excluding steroid dienone is 1. The van der Waals surface area contributed by atoms with Gasteiger partial charge in [0, 0.05) is 12.3 Å². The van der Waals surface area contributed by atoms with Gasteiger partial charge in [0.15, 0.2) is 0 Å². The van der Waals surface area contributed by atoms with Crippen LogP contribution in [-0.4, -0.2) is 18.0 Å². The summed E-state index contributed by atoms with van der Waals surface area (Å²) in [6.07, 6.45) is 17.3. The minimum Gasteiger partial charge on any atom is -0.462 e. The lowest BCUT2D eigenvalue weighted by Crippen LogP contribution is -2.51. The molecule has 0 aliphatic heterocycles. The van der Waals surface area contributed by atoms with Crippen LogP contribution in [0, 0.1) is 46.3 Å². The van der Waals surface area contributed by atoms with E-state index in [0.717, 1.165) is 48.3 Å². The molecule has 8 atom stereocenters. The Morgan fingerprint density at radius 2 is 1.88 bits per heavy atom. The first-order valence-electron chi connectivity index (χ1n) is 14.1. The molecule has 4 aliphatic carbocycles. The number of hydrogen-bond donors (Lipinski definition) is 0. The zero-order valence-corrected chi connectivity index (χ0v) is 22.8. The quantitative estimate of drug-likeness (QED) is 0.199. The van der Waals surface area contributed by atoms with E-state index in [4.69, 9.17) is 16.3 Å². The standard InChI is InChI=1S/C30H49ClO2/c1-20(2)7-6-8-21(3)25-11-12-26-24-10-9-22-19-23(33-28(32)15-18-31)13-16-29(22,4)27(24)14-17-30(25,26)5/h9,20-21,23-27H,6-8,10-19H2,1-5H3/t21-,23+,24+,25-,26+,27+,29+,30-/m1/s1. The van der Waals surface area contributed by atoms with E-state index >= 15 is 0 Å². The second-order valence-electron chi connectivity index (χ2n) is 13.1. The minimum absolute atomic E-state index is 0.0630. The Labute approximate surface area is 208 Å². The summed E-state index contributed by atoms with van der Waals surface area (Å²) in [7, 11) is 0. The number of esters is 1. The summed E-state index contributed by atoms with van der Waals surface area (Å²) in [5.41, 5.74) is 2.47. The lowest BCUT2D eigenvalue weighted by Gasteiger charge is -2.58. The maximum atomic E-state index is 12.0. The van der Waals surface area contributed by atoms with Crippen LogP contribution in [0.15, 0.2) is 11.6 Å². The highest BCUT2D eigenvalue weighted by molar-refractivity contribution is 6.18. The molecule has 0 bridgehead atoms. The Hall–Kier alpha value is -0.500. The second kappa shape index (κ2) is 10.2.